The molecule has 2 heterocycles. The molecule has 0 N–H and O–H groups in total. The Morgan fingerprint density at radius 3 is 2.12 bits per heavy atom. The molecule has 5 rings (SSSR count). The fraction of sp³-hybridized carbons (Fsp3) is 0.500. The predicted octanol–water partition coefficient (Wildman–Crippen LogP) is 5.93. The monoisotopic (exact) mass is 573 g/mol. The van der Waals surface area contributed by atoms with Crippen molar-refractivity contribution < 1.29 is 49.8 Å². The van der Waals surface area contributed by atoms with Gasteiger partial charge in [-0.1, -0.05) is 12.1 Å². The molecule has 2 aromatic rings. The van der Waals surface area contributed by atoms with Crippen LogP contribution in [0.2, 0.25) is 0 Å². The number of hydrogen-bond donors (Lipinski definition) is 0. The van der Waals surface area contributed by atoms with Crippen molar-refractivity contribution in [1.29, 1.82) is 0 Å². The molecule has 6 atom stereocenters. The van der Waals surface area contributed by atoms with Crippen LogP contribution in [0.1, 0.15) is 54.0 Å². The van der Waals surface area contributed by atoms with Gasteiger partial charge in [0, 0.05) is 25.4 Å². The van der Waals surface area contributed by atoms with E-state index in [-0.39, 0.29) is 54.5 Å². The van der Waals surface area contributed by atoms with E-state index in [0.717, 1.165) is 0 Å². The maximum Gasteiger partial charge on any atom is 0.416 e. The number of carbonyl (C=O) groups is 2. The zero-order valence-corrected chi connectivity index (χ0v) is 21.3. The summed E-state index contributed by atoms with van der Waals surface area (Å²) in [5.41, 5.74) is -2.61. The third kappa shape index (κ3) is 5.80. The molecule has 3 fully saturated rings. The number of ketones is 2. The lowest BCUT2D eigenvalue weighted by molar-refractivity contribution is -0.217. The zero-order valence-electron chi connectivity index (χ0n) is 21.3. The van der Waals surface area contributed by atoms with E-state index < -0.39 is 53.7 Å². The van der Waals surface area contributed by atoms with Crippen molar-refractivity contribution >= 4 is 11.6 Å². The Bertz CT molecular complexity index is 1240. The van der Waals surface area contributed by atoms with E-state index in [0.29, 0.717) is 30.8 Å². The summed E-state index contributed by atoms with van der Waals surface area (Å²) in [6.45, 7) is 2.38. The van der Waals surface area contributed by atoms with Crippen LogP contribution in [-0.4, -0.2) is 48.5 Å². The largest absolute Gasteiger partial charge is 0.416 e. The molecule has 1 saturated carbocycles. The van der Waals surface area contributed by atoms with Gasteiger partial charge in [-0.15, -0.1) is 0 Å². The molecule has 0 aromatic heterocycles. The van der Waals surface area contributed by atoms with Gasteiger partial charge in [-0.3, -0.25) is 14.5 Å². The van der Waals surface area contributed by atoms with Crippen molar-refractivity contribution in [1.82, 2.24) is 4.90 Å². The Labute approximate surface area is 225 Å². The Balaban J connectivity index is 1.44. The number of hydrogen-bond acceptors (Lipinski definition) is 5. The van der Waals surface area contributed by atoms with Gasteiger partial charge in [0.25, 0.3) is 0 Å². The zero-order chi connectivity index (χ0) is 29.0. The molecule has 0 radical (unpaired) electrons. The van der Waals surface area contributed by atoms with Crippen LogP contribution in [0.15, 0.2) is 42.5 Å². The molecule has 0 bridgehead atoms. The van der Waals surface area contributed by atoms with E-state index in [1.807, 2.05) is 4.90 Å². The van der Waals surface area contributed by atoms with Gasteiger partial charge >= 0.3 is 12.4 Å². The highest BCUT2D eigenvalue weighted by Gasteiger charge is 2.50. The molecule has 5 nitrogen and oxygen atoms in total. The first-order chi connectivity index (χ1) is 18.7. The number of fused-ring (bicyclic) bond motifs is 1. The molecular formula is C28H26F7NO4. The number of benzene rings is 2. The summed E-state index contributed by atoms with van der Waals surface area (Å²) in [5, 5.41) is 0. The number of alkyl halides is 6. The average molecular weight is 574 g/mol. The average Bonchev–Trinajstić information content (AvgIpc) is 3.45. The highest BCUT2D eigenvalue weighted by molar-refractivity contribution is 6.09. The molecule has 1 unspecified atom stereocenters. The van der Waals surface area contributed by atoms with E-state index in [4.69, 9.17) is 9.47 Å². The van der Waals surface area contributed by atoms with Crippen LogP contribution in [0.25, 0.3) is 0 Å². The van der Waals surface area contributed by atoms with Gasteiger partial charge in [0.15, 0.2) is 12.1 Å². The van der Waals surface area contributed by atoms with Crippen LogP contribution in [-0.2, 0) is 31.4 Å². The number of rotatable bonds is 5. The normalized spacial score (nSPS) is 28.6. The van der Waals surface area contributed by atoms with Gasteiger partial charge in [-0.05, 0) is 60.2 Å². The summed E-state index contributed by atoms with van der Waals surface area (Å²) in [6, 6.07) is 6.31. The van der Waals surface area contributed by atoms with Gasteiger partial charge in [0.05, 0.1) is 36.3 Å². The minimum absolute atomic E-state index is 0.0570. The predicted molar refractivity (Wildman–Crippen MR) is 126 cm³/mol. The van der Waals surface area contributed by atoms with Crippen LogP contribution in [0, 0.1) is 17.7 Å². The summed E-state index contributed by atoms with van der Waals surface area (Å²) in [6.07, 6.45) is -12.3. The third-order valence-electron chi connectivity index (χ3n) is 8.03. The number of Topliss-reactive ketones (excluding diaryl/α,β-unsaturated/α-hetero) is 2. The first kappa shape index (κ1) is 28.7. The van der Waals surface area contributed by atoms with Crippen LogP contribution >= 0.6 is 0 Å². The summed E-state index contributed by atoms with van der Waals surface area (Å²) < 4.78 is 106. The molecule has 2 aliphatic heterocycles. The summed E-state index contributed by atoms with van der Waals surface area (Å²) in [5.74, 6) is -1.62. The lowest BCUT2D eigenvalue weighted by atomic mass is 9.77. The first-order valence-corrected chi connectivity index (χ1v) is 12.8. The van der Waals surface area contributed by atoms with Crippen LogP contribution in [0.5, 0.6) is 0 Å². The maximum atomic E-state index is 13.7. The molecule has 0 amide bonds. The van der Waals surface area contributed by atoms with E-state index >= 15 is 0 Å². The Kier molecular flexibility index (Phi) is 7.56. The van der Waals surface area contributed by atoms with Crippen molar-refractivity contribution in [2.75, 3.05) is 19.7 Å². The minimum Gasteiger partial charge on any atom is -0.352 e. The second-order valence-electron chi connectivity index (χ2n) is 10.7. The van der Waals surface area contributed by atoms with Crippen molar-refractivity contribution in [3.05, 3.63) is 70.5 Å². The number of likely N-dealkylation sites (tertiary alicyclic amines) is 1. The van der Waals surface area contributed by atoms with Gasteiger partial charge in [-0.2, -0.15) is 26.3 Å². The molecule has 2 aromatic carbocycles. The standard InChI is InChI=1S/C28H26F7NO4/c1-14(16-6-18(27(30,31)32)8-19(7-16)28(33,34)35)40-26-25(15-2-4-20(29)5-3-15)22-12-36(11-17(22)13-39-26)23-9-21(37)10-24(23)38/h2-8,14,17,22-23,25-26H,9-13H2,1H3/t14-,17+,22-,23?,25+,26-/m1/s1. The number of carbonyl (C=O) groups excluding carboxylic acids is 2. The van der Waals surface area contributed by atoms with Crippen molar-refractivity contribution in [3.8, 4) is 0 Å². The summed E-state index contributed by atoms with van der Waals surface area (Å²) in [4.78, 5) is 26.2. The van der Waals surface area contributed by atoms with Gasteiger partial charge in [0.1, 0.15) is 11.6 Å². The van der Waals surface area contributed by atoms with E-state index in [1.165, 1.54) is 31.2 Å². The molecule has 12 heteroatoms. The van der Waals surface area contributed by atoms with Gasteiger partial charge in [0.2, 0.25) is 0 Å². The van der Waals surface area contributed by atoms with Gasteiger partial charge < -0.3 is 9.47 Å². The summed E-state index contributed by atoms with van der Waals surface area (Å²) in [7, 11) is 0. The molecule has 40 heavy (non-hydrogen) atoms. The van der Waals surface area contributed by atoms with E-state index in [1.54, 1.807) is 0 Å². The molecule has 216 valence electrons. The quantitative estimate of drug-likeness (QED) is 0.328. The van der Waals surface area contributed by atoms with Crippen molar-refractivity contribution in [2.24, 2.45) is 11.8 Å². The van der Waals surface area contributed by atoms with Crippen LogP contribution in [0.3, 0.4) is 0 Å². The third-order valence-corrected chi connectivity index (χ3v) is 8.03. The van der Waals surface area contributed by atoms with Crippen molar-refractivity contribution in [2.45, 2.75) is 56.5 Å². The smallest absolute Gasteiger partial charge is 0.352 e. The first-order valence-electron chi connectivity index (χ1n) is 12.8. The highest BCUT2D eigenvalue weighted by Crippen LogP contribution is 2.46. The molecule has 1 aliphatic carbocycles. The second kappa shape index (κ2) is 10.5. The fourth-order valence-corrected chi connectivity index (χ4v) is 6.05. The molecule has 0 spiro atoms. The van der Waals surface area contributed by atoms with E-state index in [9.17, 15) is 40.3 Å². The Morgan fingerprint density at radius 1 is 0.950 bits per heavy atom. The van der Waals surface area contributed by atoms with Crippen LogP contribution in [0.4, 0.5) is 30.7 Å². The number of ether oxygens (including phenoxy) is 2. The minimum atomic E-state index is -5.01. The Morgan fingerprint density at radius 2 is 1.57 bits per heavy atom. The molecule has 2 saturated heterocycles. The van der Waals surface area contributed by atoms with Crippen molar-refractivity contribution in [3.63, 3.8) is 0 Å². The van der Waals surface area contributed by atoms with E-state index in [2.05, 4.69) is 0 Å². The highest BCUT2D eigenvalue weighted by atomic mass is 19.4. The lowest BCUT2D eigenvalue weighted by Crippen LogP contribution is -2.42. The maximum absolute atomic E-state index is 13.7. The Hall–Kier alpha value is -2.83. The fourth-order valence-electron chi connectivity index (χ4n) is 6.05. The lowest BCUT2D eigenvalue weighted by Gasteiger charge is -2.40. The summed E-state index contributed by atoms with van der Waals surface area (Å²) >= 11 is 0. The molecule has 3 aliphatic rings. The number of halogens is 7. The van der Waals surface area contributed by atoms with Gasteiger partial charge in [-0.25, -0.2) is 4.39 Å². The van der Waals surface area contributed by atoms with Crippen LogP contribution < -0.4 is 0 Å². The topological polar surface area (TPSA) is 55.8 Å². The number of nitrogens with zero attached hydrogens (tertiary/aromatic N) is 1. The SMILES string of the molecule is C[C@@H](O[C@H]1OC[C@@H]2CN(C3CC(=O)CC3=O)C[C@H]2[C@@H]1c1ccc(F)cc1)c1cc(C(F)(F)F)cc(C(F)(F)F)c1. The molecular weight excluding hydrogens is 547 g/mol. The second-order valence-corrected chi connectivity index (χ2v) is 10.7.